The molecular weight excluding hydrogens is 357 g/mol. The van der Waals surface area contributed by atoms with Crippen LogP contribution in [0.2, 0.25) is 0 Å². The van der Waals surface area contributed by atoms with Gasteiger partial charge in [0.05, 0.1) is 0 Å². The van der Waals surface area contributed by atoms with Crippen LogP contribution in [0.1, 0.15) is 45.1 Å². The zero-order valence-electron chi connectivity index (χ0n) is 17.4. The van der Waals surface area contributed by atoms with Gasteiger partial charge in [-0.15, -0.1) is 0 Å². The van der Waals surface area contributed by atoms with Gasteiger partial charge >= 0.3 is 0 Å². The SMILES string of the molecule is CC(C)C[C@@H](NC(=O)CCCCc1ccc(F)cc1)C(=O)N1CCN(C)CC1. The van der Waals surface area contributed by atoms with E-state index in [0.29, 0.717) is 18.8 Å². The zero-order chi connectivity index (χ0) is 20.5. The Kier molecular flexibility index (Phi) is 8.90. The van der Waals surface area contributed by atoms with Gasteiger partial charge in [0, 0.05) is 32.6 Å². The van der Waals surface area contributed by atoms with E-state index in [-0.39, 0.29) is 17.6 Å². The monoisotopic (exact) mass is 391 g/mol. The minimum absolute atomic E-state index is 0.0430. The fraction of sp³-hybridized carbons (Fsp3) is 0.636. The fourth-order valence-corrected chi connectivity index (χ4v) is 3.47. The van der Waals surface area contributed by atoms with E-state index in [1.807, 2.05) is 4.90 Å². The van der Waals surface area contributed by atoms with Gasteiger partial charge in [0.1, 0.15) is 11.9 Å². The largest absolute Gasteiger partial charge is 0.344 e. The van der Waals surface area contributed by atoms with E-state index < -0.39 is 6.04 Å². The molecule has 5 nitrogen and oxygen atoms in total. The molecule has 0 spiro atoms. The first-order chi connectivity index (χ1) is 13.3. The van der Waals surface area contributed by atoms with E-state index in [2.05, 4.69) is 31.1 Å². The molecule has 2 amide bonds. The van der Waals surface area contributed by atoms with E-state index in [0.717, 1.165) is 51.0 Å². The number of piperazine rings is 1. The molecule has 0 unspecified atom stereocenters. The van der Waals surface area contributed by atoms with Gasteiger partial charge in [0.25, 0.3) is 0 Å². The van der Waals surface area contributed by atoms with Crippen molar-refractivity contribution in [3.63, 3.8) is 0 Å². The first-order valence-corrected chi connectivity index (χ1v) is 10.4. The summed E-state index contributed by atoms with van der Waals surface area (Å²) >= 11 is 0. The molecule has 1 aliphatic rings. The van der Waals surface area contributed by atoms with E-state index in [9.17, 15) is 14.0 Å². The van der Waals surface area contributed by atoms with E-state index >= 15 is 0 Å². The van der Waals surface area contributed by atoms with Gasteiger partial charge in [0.15, 0.2) is 0 Å². The maximum atomic E-state index is 12.9. The highest BCUT2D eigenvalue weighted by molar-refractivity contribution is 5.87. The molecule has 1 heterocycles. The van der Waals surface area contributed by atoms with Gasteiger partial charge in [-0.2, -0.15) is 0 Å². The predicted molar refractivity (Wildman–Crippen MR) is 109 cm³/mol. The molecular formula is C22H34FN3O2. The third-order valence-electron chi connectivity index (χ3n) is 5.19. The van der Waals surface area contributed by atoms with Crippen LogP contribution in [-0.2, 0) is 16.0 Å². The lowest BCUT2D eigenvalue weighted by Crippen LogP contribution is -2.54. The van der Waals surface area contributed by atoms with Crippen LogP contribution in [-0.4, -0.2) is 60.9 Å². The van der Waals surface area contributed by atoms with Crippen LogP contribution in [0.3, 0.4) is 0 Å². The summed E-state index contributed by atoms with van der Waals surface area (Å²) in [5.74, 6) is 0.0817. The second-order valence-electron chi connectivity index (χ2n) is 8.21. The number of nitrogens with zero attached hydrogens (tertiary/aromatic N) is 2. The van der Waals surface area contributed by atoms with Gasteiger partial charge in [-0.3, -0.25) is 9.59 Å². The number of unbranched alkanes of at least 4 members (excludes halogenated alkanes) is 1. The lowest BCUT2D eigenvalue weighted by molar-refractivity contribution is -0.138. The molecule has 28 heavy (non-hydrogen) atoms. The zero-order valence-corrected chi connectivity index (χ0v) is 17.4. The maximum absolute atomic E-state index is 12.9. The van der Waals surface area contributed by atoms with Crippen molar-refractivity contribution in [2.24, 2.45) is 5.92 Å². The van der Waals surface area contributed by atoms with Crippen molar-refractivity contribution < 1.29 is 14.0 Å². The second-order valence-corrected chi connectivity index (χ2v) is 8.21. The minimum atomic E-state index is -0.437. The first-order valence-electron chi connectivity index (χ1n) is 10.4. The van der Waals surface area contributed by atoms with Crippen LogP contribution >= 0.6 is 0 Å². The third kappa shape index (κ3) is 7.58. The third-order valence-corrected chi connectivity index (χ3v) is 5.19. The van der Waals surface area contributed by atoms with Crippen molar-refractivity contribution in [3.05, 3.63) is 35.6 Å². The molecule has 1 fully saturated rings. The van der Waals surface area contributed by atoms with Gasteiger partial charge < -0.3 is 15.1 Å². The van der Waals surface area contributed by atoms with Crippen LogP contribution in [0, 0.1) is 11.7 Å². The van der Waals surface area contributed by atoms with Gasteiger partial charge in [0.2, 0.25) is 11.8 Å². The Morgan fingerprint density at radius 2 is 1.71 bits per heavy atom. The summed E-state index contributed by atoms with van der Waals surface area (Å²) in [6.45, 7) is 7.32. The Hall–Kier alpha value is -1.95. The van der Waals surface area contributed by atoms with Crippen molar-refractivity contribution in [2.45, 2.75) is 52.0 Å². The number of benzene rings is 1. The molecule has 0 saturated carbocycles. The van der Waals surface area contributed by atoms with Gasteiger partial charge in [-0.1, -0.05) is 26.0 Å². The van der Waals surface area contributed by atoms with E-state index in [1.54, 1.807) is 12.1 Å². The molecule has 1 saturated heterocycles. The summed E-state index contributed by atoms with van der Waals surface area (Å²) in [6.07, 6.45) is 3.50. The molecule has 0 aliphatic carbocycles. The molecule has 1 N–H and O–H groups in total. The number of hydrogen-bond donors (Lipinski definition) is 1. The Morgan fingerprint density at radius 1 is 1.07 bits per heavy atom. The molecule has 156 valence electrons. The fourth-order valence-electron chi connectivity index (χ4n) is 3.47. The van der Waals surface area contributed by atoms with Crippen molar-refractivity contribution in [3.8, 4) is 0 Å². The average molecular weight is 392 g/mol. The molecule has 0 bridgehead atoms. The lowest BCUT2D eigenvalue weighted by atomic mass is 10.0. The number of rotatable bonds is 9. The molecule has 1 atom stereocenters. The summed E-state index contributed by atoms with van der Waals surface area (Å²) in [6, 6.07) is 6.05. The lowest BCUT2D eigenvalue weighted by Gasteiger charge is -2.35. The Labute approximate surface area is 168 Å². The Balaban J connectivity index is 1.77. The van der Waals surface area contributed by atoms with Crippen LogP contribution in [0.15, 0.2) is 24.3 Å². The number of aryl methyl sites for hydroxylation is 1. The number of halogens is 1. The van der Waals surface area contributed by atoms with Crippen molar-refractivity contribution in [1.29, 1.82) is 0 Å². The average Bonchev–Trinajstić information content (AvgIpc) is 2.66. The Morgan fingerprint density at radius 3 is 2.32 bits per heavy atom. The minimum Gasteiger partial charge on any atom is -0.344 e. The molecule has 1 aromatic rings. The summed E-state index contributed by atoms with van der Waals surface area (Å²) < 4.78 is 12.9. The van der Waals surface area contributed by atoms with Crippen LogP contribution in [0.25, 0.3) is 0 Å². The number of nitrogens with one attached hydrogen (secondary N) is 1. The summed E-state index contributed by atoms with van der Waals surface area (Å²) in [7, 11) is 2.06. The van der Waals surface area contributed by atoms with Crippen LogP contribution in [0.5, 0.6) is 0 Å². The highest BCUT2D eigenvalue weighted by atomic mass is 19.1. The highest BCUT2D eigenvalue weighted by Gasteiger charge is 2.28. The van der Waals surface area contributed by atoms with Gasteiger partial charge in [-0.25, -0.2) is 4.39 Å². The van der Waals surface area contributed by atoms with Gasteiger partial charge in [-0.05, 0) is 56.3 Å². The van der Waals surface area contributed by atoms with Crippen molar-refractivity contribution in [2.75, 3.05) is 33.2 Å². The molecule has 0 aromatic heterocycles. The number of carbonyl (C=O) groups is 2. The topological polar surface area (TPSA) is 52.7 Å². The molecule has 6 heteroatoms. The van der Waals surface area contributed by atoms with Crippen molar-refractivity contribution in [1.82, 2.24) is 15.1 Å². The smallest absolute Gasteiger partial charge is 0.245 e. The number of hydrogen-bond acceptors (Lipinski definition) is 3. The summed E-state index contributed by atoms with van der Waals surface area (Å²) in [5.41, 5.74) is 1.07. The maximum Gasteiger partial charge on any atom is 0.245 e. The van der Waals surface area contributed by atoms with E-state index in [4.69, 9.17) is 0 Å². The number of likely N-dealkylation sites (N-methyl/N-ethyl adjacent to an activating group) is 1. The van der Waals surface area contributed by atoms with Crippen molar-refractivity contribution >= 4 is 11.8 Å². The number of amides is 2. The standard InChI is InChI=1S/C22H34FN3O2/c1-17(2)16-20(22(28)26-14-12-25(3)13-15-26)24-21(27)7-5-4-6-18-8-10-19(23)11-9-18/h8-11,17,20H,4-7,12-16H2,1-3H3,(H,24,27)/t20-/m1/s1. The Bertz CT molecular complexity index is 625. The molecule has 0 radical (unpaired) electrons. The molecule has 1 aliphatic heterocycles. The predicted octanol–water partition coefficient (Wildman–Crippen LogP) is 2.84. The highest BCUT2D eigenvalue weighted by Crippen LogP contribution is 2.12. The second kappa shape index (κ2) is 11.1. The van der Waals surface area contributed by atoms with E-state index in [1.165, 1.54) is 12.1 Å². The molecule has 1 aromatic carbocycles. The number of carbonyl (C=O) groups excluding carboxylic acids is 2. The first kappa shape index (κ1) is 22.3. The summed E-state index contributed by atoms with van der Waals surface area (Å²) in [4.78, 5) is 29.4. The quantitative estimate of drug-likeness (QED) is 0.659. The summed E-state index contributed by atoms with van der Waals surface area (Å²) in [5, 5.41) is 2.97. The normalized spacial score (nSPS) is 16.2. The van der Waals surface area contributed by atoms with Crippen LogP contribution in [0.4, 0.5) is 4.39 Å². The van der Waals surface area contributed by atoms with Crippen LogP contribution < -0.4 is 5.32 Å². The molecule has 2 rings (SSSR count).